The molecule has 1 aliphatic rings. The number of carbonyl (C=O) groups is 1. The largest absolute Gasteiger partial charge is 0.470 e. The van der Waals surface area contributed by atoms with Crippen LogP contribution in [0.3, 0.4) is 0 Å². The number of carbonyl (C=O) groups excluding carboxylic acids is 1. The Bertz CT molecular complexity index is 874. The highest BCUT2D eigenvalue weighted by molar-refractivity contribution is 7.80. The molecular formula is C20H19F2NO3S. The van der Waals surface area contributed by atoms with E-state index in [0.717, 1.165) is 30.5 Å². The molecule has 0 aliphatic heterocycles. The number of ether oxygens (including phenoxy) is 1. The molecule has 0 aromatic heterocycles. The van der Waals surface area contributed by atoms with Gasteiger partial charge in [-0.1, -0.05) is 24.3 Å². The van der Waals surface area contributed by atoms with E-state index < -0.39 is 17.0 Å². The van der Waals surface area contributed by atoms with Gasteiger partial charge in [-0.2, -0.15) is 0 Å². The highest BCUT2D eigenvalue weighted by atomic mass is 32.1. The van der Waals surface area contributed by atoms with Crippen LogP contribution in [0.2, 0.25) is 0 Å². The van der Waals surface area contributed by atoms with E-state index in [0.29, 0.717) is 12.0 Å². The lowest BCUT2D eigenvalue weighted by molar-refractivity contribution is 0.0408. The van der Waals surface area contributed by atoms with Crippen molar-refractivity contribution in [3.8, 4) is 0 Å². The van der Waals surface area contributed by atoms with Crippen LogP contribution in [0.1, 0.15) is 28.8 Å². The van der Waals surface area contributed by atoms with Crippen LogP contribution in [-0.4, -0.2) is 29.3 Å². The third-order valence-electron chi connectivity index (χ3n) is 4.80. The molecule has 2 N–H and O–H groups in total. The number of hydrogen-bond donors (Lipinski definition) is 2. The van der Waals surface area contributed by atoms with E-state index in [9.17, 15) is 18.7 Å². The lowest BCUT2D eigenvalue weighted by atomic mass is 9.79. The Morgan fingerprint density at radius 3 is 2.78 bits per heavy atom. The van der Waals surface area contributed by atoms with Crippen LogP contribution >= 0.6 is 12.2 Å². The fourth-order valence-corrected chi connectivity index (χ4v) is 3.42. The van der Waals surface area contributed by atoms with Gasteiger partial charge in [0.15, 0.2) is 5.78 Å². The summed E-state index contributed by atoms with van der Waals surface area (Å²) in [5.41, 5.74) is 0.389. The average Bonchev–Trinajstić information content (AvgIpc) is 2.80. The molecule has 1 atom stereocenters. The van der Waals surface area contributed by atoms with Gasteiger partial charge in [0.2, 0.25) is 0 Å². The normalized spacial score (nSPS) is 19.1. The second-order valence-corrected chi connectivity index (χ2v) is 6.97. The molecule has 0 amide bonds. The zero-order valence-corrected chi connectivity index (χ0v) is 15.3. The molecule has 2 aromatic rings. The van der Waals surface area contributed by atoms with Crippen molar-refractivity contribution in [2.45, 2.75) is 19.3 Å². The number of aliphatic hydroxyl groups is 1. The van der Waals surface area contributed by atoms with Gasteiger partial charge in [0.25, 0.3) is 5.17 Å². The Kier molecular flexibility index (Phi) is 5.82. The van der Waals surface area contributed by atoms with E-state index in [1.165, 1.54) is 6.07 Å². The van der Waals surface area contributed by atoms with Crippen LogP contribution in [0.15, 0.2) is 42.5 Å². The zero-order valence-electron chi connectivity index (χ0n) is 14.5. The van der Waals surface area contributed by atoms with Gasteiger partial charge in [-0.05, 0) is 49.2 Å². The number of aryl methyl sites for hydroxylation is 1. The molecule has 0 saturated heterocycles. The van der Waals surface area contributed by atoms with E-state index in [1.807, 2.05) is 12.1 Å². The number of hydrogen-bond acceptors (Lipinski definition) is 4. The molecule has 0 saturated carbocycles. The van der Waals surface area contributed by atoms with Gasteiger partial charge in [-0.15, -0.1) is 0 Å². The summed E-state index contributed by atoms with van der Waals surface area (Å²) in [7, 11) is 0. The van der Waals surface area contributed by atoms with Crippen LogP contribution in [0, 0.1) is 17.0 Å². The summed E-state index contributed by atoms with van der Waals surface area (Å²) in [4.78, 5) is 13.0. The Labute approximate surface area is 161 Å². The first-order valence-corrected chi connectivity index (χ1v) is 8.98. The van der Waals surface area contributed by atoms with Crippen molar-refractivity contribution in [2.75, 3.05) is 18.5 Å². The molecule has 4 nitrogen and oxygen atoms in total. The molecule has 0 bridgehead atoms. The second-order valence-electron chi connectivity index (χ2n) is 6.60. The van der Waals surface area contributed by atoms with Crippen molar-refractivity contribution < 1.29 is 23.4 Å². The summed E-state index contributed by atoms with van der Waals surface area (Å²) in [5.74, 6) is -1.70. The average molecular weight is 391 g/mol. The van der Waals surface area contributed by atoms with Gasteiger partial charge in [-0.3, -0.25) is 4.79 Å². The second kappa shape index (κ2) is 8.10. The van der Waals surface area contributed by atoms with Gasteiger partial charge >= 0.3 is 0 Å². The number of halogens is 2. The fourth-order valence-electron chi connectivity index (χ4n) is 3.25. The number of benzene rings is 2. The molecule has 27 heavy (non-hydrogen) atoms. The Morgan fingerprint density at radius 1 is 1.26 bits per heavy atom. The number of aliphatic hydroxyl groups excluding tert-OH is 1. The summed E-state index contributed by atoms with van der Waals surface area (Å²) >= 11 is 5.06. The lowest BCUT2D eigenvalue weighted by Gasteiger charge is -2.29. The molecule has 1 aliphatic carbocycles. The number of rotatable bonds is 4. The highest BCUT2D eigenvalue weighted by Gasteiger charge is 2.41. The predicted octanol–water partition coefficient (Wildman–Crippen LogP) is 3.88. The van der Waals surface area contributed by atoms with Crippen molar-refractivity contribution in [1.82, 2.24) is 0 Å². The zero-order chi connectivity index (χ0) is 19.4. The van der Waals surface area contributed by atoms with Crippen LogP contribution < -0.4 is 5.32 Å². The number of fused-ring (bicyclic) bond motifs is 1. The quantitative estimate of drug-likeness (QED) is 0.612. The van der Waals surface area contributed by atoms with Crippen molar-refractivity contribution >= 4 is 28.9 Å². The van der Waals surface area contributed by atoms with Crippen molar-refractivity contribution in [3.63, 3.8) is 0 Å². The minimum atomic E-state index is -1.11. The Hall–Kier alpha value is -2.38. The number of thiocarbonyl (C=S) groups is 1. The smallest absolute Gasteiger partial charge is 0.261 e. The molecule has 0 spiro atoms. The Morgan fingerprint density at radius 2 is 2.04 bits per heavy atom. The van der Waals surface area contributed by atoms with E-state index in [2.05, 4.69) is 5.32 Å². The molecule has 7 heteroatoms. The molecule has 3 rings (SSSR count). The molecule has 1 unspecified atom stereocenters. The van der Waals surface area contributed by atoms with Gasteiger partial charge in [0, 0.05) is 11.6 Å². The lowest BCUT2D eigenvalue weighted by Crippen LogP contribution is -2.40. The molecule has 2 aromatic carbocycles. The third kappa shape index (κ3) is 4.14. The van der Waals surface area contributed by atoms with Gasteiger partial charge in [0.1, 0.15) is 18.2 Å². The summed E-state index contributed by atoms with van der Waals surface area (Å²) in [6.45, 7) is -0.515. The number of nitrogens with one attached hydrogen (secondary N) is 1. The molecular weight excluding hydrogens is 372 g/mol. The van der Waals surface area contributed by atoms with Gasteiger partial charge in [-0.25, -0.2) is 8.78 Å². The fraction of sp³-hybridized carbons (Fsp3) is 0.300. The van der Waals surface area contributed by atoms with Crippen molar-refractivity contribution in [3.05, 3.63) is 65.2 Å². The summed E-state index contributed by atoms with van der Waals surface area (Å²) < 4.78 is 32.2. The molecule has 0 heterocycles. The molecule has 0 radical (unpaired) electrons. The van der Waals surface area contributed by atoms with Crippen LogP contribution in [0.5, 0.6) is 0 Å². The minimum Gasteiger partial charge on any atom is -0.470 e. The minimum absolute atomic E-state index is 0.0306. The maximum absolute atomic E-state index is 13.7. The first kappa shape index (κ1) is 19.4. The van der Waals surface area contributed by atoms with Crippen LogP contribution in [0.4, 0.5) is 14.5 Å². The summed E-state index contributed by atoms with van der Waals surface area (Å²) in [6, 6.07) is 10.3. The Balaban J connectivity index is 1.72. The molecule has 0 fully saturated rings. The highest BCUT2D eigenvalue weighted by Crippen LogP contribution is 2.34. The van der Waals surface area contributed by atoms with Gasteiger partial charge < -0.3 is 15.2 Å². The first-order valence-electron chi connectivity index (χ1n) is 8.57. The van der Waals surface area contributed by atoms with Crippen molar-refractivity contribution in [1.29, 1.82) is 0 Å². The summed E-state index contributed by atoms with van der Waals surface area (Å²) in [5, 5.41) is 12.4. The maximum Gasteiger partial charge on any atom is 0.261 e. The first-order chi connectivity index (χ1) is 12.9. The van der Waals surface area contributed by atoms with Gasteiger partial charge in [0.05, 0.1) is 17.7 Å². The third-order valence-corrected chi connectivity index (χ3v) is 5.02. The number of ketones is 1. The monoisotopic (exact) mass is 391 g/mol. The maximum atomic E-state index is 13.7. The SMILES string of the molecule is O=C1c2ccccc2CCCC1(CO)COC(=S)Nc1ccc(F)cc1F. The van der Waals surface area contributed by atoms with Crippen LogP contribution in [-0.2, 0) is 11.2 Å². The number of anilines is 1. The molecule has 142 valence electrons. The van der Waals surface area contributed by atoms with Crippen molar-refractivity contribution in [2.24, 2.45) is 5.41 Å². The van der Waals surface area contributed by atoms with E-state index >= 15 is 0 Å². The standard InChI is InChI=1S/C20H19F2NO3S/c21-14-7-8-17(16(22)10-14)23-19(27)26-12-20(11-24)9-3-5-13-4-1-2-6-15(13)18(20)25/h1-2,4,6-8,10,24H,3,5,9,11-12H2,(H,23,27). The van der Waals surface area contributed by atoms with Crippen LogP contribution in [0.25, 0.3) is 0 Å². The van der Waals surface area contributed by atoms with E-state index in [-0.39, 0.29) is 29.9 Å². The predicted molar refractivity (Wildman–Crippen MR) is 102 cm³/mol. The van der Waals surface area contributed by atoms with E-state index in [4.69, 9.17) is 17.0 Å². The summed E-state index contributed by atoms with van der Waals surface area (Å²) in [6.07, 6.45) is 1.91. The number of Topliss-reactive ketones (excluding diaryl/α,β-unsaturated/α-hetero) is 1. The van der Waals surface area contributed by atoms with E-state index in [1.54, 1.807) is 12.1 Å². The topological polar surface area (TPSA) is 58.6 Å².